The highest BCUT2D eigenvalue weighted by atomic mass is 16.1. The van der Waals surface area contributed by atoms with Gasteiger partial charge in [0, 0.05) is 12.3 Å². The van der Waals surface area contributed by atoms with E-state index in [0.29, 0.717) is 6.54 Å². The van der Waals surface area contributed by atoms with Gasteiger partial charge in [0.25, 0.3) is 0 Å². The summed E-state index contributed by atoms with van der Waals surface area (Å²) in [4.78, 5) is 15.3. The van der Waals surface area contributed by atoms with Gasteiger partial charge in [-0.3, -0.25) is 9.78 Å². The van der Waals surface area contributed by atoms with Gasteiger partial charge in [-0.05, 0) is 19.1 Å². The number of carbonyl (C=O) groups is 1. The van der Waals surface area contributed by atoms with Crippen LogP contribution in [0.4, 0.5) is 0 Å². The number of amides is 1. The second-order valence-electron chi connectivity index (χ2n) is 2.92. The maximum absolute atomic E-state index is 11.2. The van der Waals surface area contributed by atoms with E-state index in [1.807, 2.05) is 31.2 Å². The van der Waals surface area contributed by atoms with Crippen LogP contribution in [-0.4, -0.2) is 10.9 Å². The Labute approximate surface area is 89.5 Å². The molecule has 1 aromatic rings. The van der Waals surface area contributed by atoms with Crippen molar-refractivity contribution in [3.8, 4) is 0 Å². The molecule has 1 aromatic heterocycles. The molecule has 3 nitrogen and oxygen atoms in total. The molecule has 0 bridgehead atoms. The van der Waals surface area contributed by atoms with Crippen molar-refractivity contribution in [2.75, 3.05) is 0 Å². The molecule has 0 radical (unpaired) electrons. The summed E-state index contributed by atoms with van der Waals surface area (Å²) in [5, 5.41) is 2.74. The molecule has 0 saturated carbocycles. The molecular formula is C12H14N2O. The highest BCUT2D eigenvalue weighted by Crippen LogP contribution is 1.91. The van der Waals surface area contributed by atoms with Crippen molar-refractivity contribution in [1.82, 2.24) is 10.3 Å². The Hall–Kier alpha value is -1.90. The molecule has 0 aromatic carbocycles. The van der Waals surface area contributed by atoms with Crippen molar-refractivity contribution in [2.24, 2.45) is 0 Å². The normalized spacial score (nSPS) is 11.0. The van der Waals surface area contributed by atoms with E-state index >= 15 is 0 Å². The average molecular weight is 202 g/mol. The molecule has 0 aliphatic carbocycles. The third kappa shape index (κ3) is 4.76. The van der Waals surface area contributed by atoms with Gasteiger partial charge in [-0.2, -0.15) is 0 Å². The fourth-order valence-electron chi connectivity index (χ4n) is 0.993. The topological polar surface area (TPSA) is 42.0 Å². The Kier molecular flexibility index (Phi) is 4.87. The second kappa shape index (κ2) is 6.54. The van der Waals surface area contributed by atoms with Gasteiger partial charge >= 0.3 is 0 Å². The fourth-order valence-corrected chi connectivity index (χ4v) is 0.993. The lowest BCUT2D eigenvalue weighted by atomic mass is 10.3. The zero-order chi connectivity index (χ0) is 10.9. The van der Waals surface area contributed by atoms with Crippen LogP contribution in [0.2, 0.25) is 0 Å². The van der Waals surface area contributed by atoms with Crippen LogP contribution < -0.4 is 5.32 Å². The molecule has 78 valence electrons. The predicted octanol–water partition coefficient (Wildman–Crippen LogP) is 1.83. The molecule has 15 heavy (non-hydrogen) atoms. The molecule has 1 rings (SSSR count). The summed E-state index contributed by atoms with van der Waals surface area (Å²) >= 11 is 0. The maximum atomic E-state index is 11.2. The van der Waals surface area contributed by atoms with Gasteiger partial charge in [0.05, 0.1) is 12.2 Å². The summed E-state index contributed by atoms with van der Waals surface area (Å²) in [6, 6.07) is 5.61. The first-order valence-corrected chi connectivity index (χ1v) is 4.80. The minimum atomic E-state index is -0.112. The minimum absolute atomic E-state index is 0.112. The van der Waals surface area contributed by atoms with Crippen LogP contribution in [0.3, 0.4) is 0 Å². The number of carbonyl (C=O) groups excluding carboxylic acids is 1. The molecule has 0 saturated heterocycles. The molecular weight excluding hydrogens is 188 g/mol. The third-order valence-electron chi connectivity index (χ3n) is 1.72. The Bertz CT molecular complexity index is 355. The van der Waals surface area contributed by atoms with E-state index in [-0.39, 0.29) is 5.91 Å². The first-order chi connectivity index (χ1) is 7.33. The van der Waals surface area contributed by atoms with E-state index < -0.39 is 0 Å². The van der Waals surface area contributed by atoms with E-state index in [2.05, 4.69) is 10.3 Å². The first-order valence-electron chi connectivity index (χ1n) is 4.80. The van der Waals surface area contributed by atoms with Crippen LogP contribution in [0.15, 0.2) is 48.7 Å². The molecule has 0 spiro atoms. The van der Waals surface area contributed by atoms with Crippen molar-refractivity contribution in [3.05, 3.63) is 54.4 Å². The number of pyridine rings is 1. The van der Waals surface area contributed by atoms with E-state index in [4.69, 9.17) is 0 Å². The van der Waals surface area contributed by atoms with Crippen molar-refractivity contribution >= 4 is 5.91 Å². The smallest absolute Gasteiger partial charge is 0.244 e. The zero-order valence-electron chi connectivity index (χ0n) is 8.68. The largest absolute Gasteiger partial charge is 0.347 e. The lowest BCUT2D eigenvalue weighted by Gasteiger charge is -2.00. The molecule has 1 N–H and O–H groups in total. The lowest BCUT2D eigenvalue weighted by Crippen LogP contribution is -2.20. The van der Waals surface area contributed by atoms with E-state index in [1.165, 1.54) is 6.08 Å². The Morgan fingerprint density at radius 3 is 3.00 bits per heavy atom. The summed E-state index contributed by atoms with van der Waals surface area (Å²) < 4.78 is 0. The average Bonchev–Trinajstić information content (AvgIpc) is 2.28. The second-order valence-corrected chi connectivity index (χ2v) is 2.92. The number of nitrogens with one attached hydrogen (secondary N) is 1. The number of hydrogen-bond acceptors (Lipinski definition) is 2. The van der Waals surface area contributed by atoms with Crippen LogP contribution in [0.5, 0.6) is 0 Å². The van der Waals surface area contributed by atoms with Crippen LogP contribution in [-0.2, 0) is 11.3 Å². The Balaban J connectivity index is 2.35. The van der Waals surface area contributed by atoms with Gasteiger partial charge in [-0.1, -0.05) is 24.3 Å². The fraction of sp³-hybridized carbons (Fsp3) is 0.167. The number of aromatic nitrogens is 1. The minimum Gasteiger partial charge on any atom is -0.347 e. The quantitative estimate of drug-likeness (QED) is 0.598. The van der Waals surface area contributed by atoms with Crippen molar-refractivity contribution in [2.45, 2.75) is 13.5 Å². The summed E-state index contributed by atoms with van der Waals surface area (Å²) in [5.41, 5.74) is 0.852. The van der Waals surface area contributed by atoms with E-state index in [1.54, 1.807) is 18.3 Å². The van der Waals surface area contributed by atoms with E-state index in [0.717, 1.165) is 5.69 Å². The summed E-state index contributed by atoms with van der Waals surface area (Å²) in [6.45, 7) is 2.36. The summed E-state index contributed by atoms with van der Waals surface area (Å²) in [6.07, 6.45) is 8.57. The summed E-state index contributed by atoms with van der Waals surface area (Å²) in [7, 11) is 0. The van der Waals surface area contributed by atoms with Gasteiger partial charge < -0.3 is 5.32 Å². The SMILES string of the molecule is CC=CC=CC(=O)NCc1ccccn1. The molecule has 0 aliphatic heterocycles. The Morgan fingerprint density at radius 1 is 1.47 bits per heavy atom. The van der Waals surface area contributed by atoms with Crippen molar-refractivity contribution in [1.29, 1.82) is 0 Å². The van der Waals surface area contributed by atoms with Gasteiger partial charge in [0.15, 0.2) is 0 Å². The molecule has 1 amide bonds. The maximum Gasteiger partial charge on any atom is 0.244 e. The van der Waals surface area contributed by atoms with Crippen LogP contribution in [0.25, 0.3) is 0 Å². The van der Waals surface area contributed by atoms with Crippen LogP contribution in [0.1, 0.15) is 12.6 Å². The lowest BCUT2D eigenvalue weighted by molar-refractivity contribution is -0.116. The predicted molar refractivity (Wildman–Crippen MR) is 60.0 cm³/mol. The number of hydrogen-bond donors (Lipinski definition) is 1. The van der Waals surface area contributed by atoms with E-state index in [9.17, 15) is 4.79 Å². The number of allylic oxidation sites excluding steroid dienone is 3. The molecule has 0 fully saturated rings. The molecule has 3 heteroatoms. The highest BCUT2D eigenvalue weighted by Gasteiger charge is 1.95. The Morgan fingerprint density at radius 2 is 2.33 bits per heavy atom. The van der Waals surface area contributed by atoms with Crippen molar-refractivity contribution < 1.29 is 4.79 Å². The van der Waals surface area contributed by atoms with Crippen molar-refractivity contribution in [3.63, 3.8) is 0 Å². The highest BCUT2D eigenvalue weighted by molar-refractivity contribution is 5.87. The third-order valence-corrected chi connectivity index (χ3v) is 1.72. The summed E-state index contributed by atoms with van der Waals surface area (Å²) in [5.74, 6) is -0.112. The van der Waals surface area contributed by atoms with Gasteiger partial charge in [-0.25, -0.2) is 0 Å². The molecule has 0 atom stereocenters. The first kappa shape index (κ1) is 11.2. The molecule has 0 aliphatic rings. The van der Waals surface area contributed by atoms with Gasteiger partial charge in [-0.15, -0.1) is 0 Å². The number of rotatable bonds is 4. The zero-order valence-corrected chi connectivity index (χ0v) is 8.68. The van der Waals surface area contributed by atoms with Gasteiger partial charge in [0.1, 0.15) is 0 Å². The standard InChI is InChI=1S/C12H14N2O/c1-2-3-4-8-12(15)14-10-11-7-5-6-9-13-11/h2-9H,10H2,1H3,(H,14,15). The van der Waals surface area contributed by atoms with Crippen LogP contribution >= 0.6 is 0 Å². The molecule has 1 heterocycles. The number of nitrogens with zero attached hydrogens (tertiary/aromatic N) is 1. The molecule has 0 unspecified atom stereocenters. The van der Waals surface area contributed by atoms with Gasteiger partial charge in [0.2, 0.25) is 5.91 Å². The van der Waals surface area contributed by atoms with Crippen LogP contribution in [0, 0.1) is 0 Å². The monoisotopic (exact) mass is 202 g/mol.